The number of hydrogen-bond donors (Lipinski definition) is 2. The zero-order valence-corrected chi connectivity index (χ0v) is 19.1. The molecule has 0 saturated carbocycles. The molecule has 8 heteroatoms. The number of rotatable bonds is 6. The molecule has 2 rings (SSSR count). The van der Waals surface area contributed by atoms with Crippen LogP contribution in [0.1, 0.15) is 39.3 Å². The van der Waals surface area contributed by atoms with Gasteiger partial charge in [-0.15, -0.1) is 24.0 Å². The van der Waals surface area contributed by atoms with Crippen molar-refractivity contribution in [2.75, 3.05) is 26.1 Å². The van der Waals surface area contributed by atoms with Crippen LogP contribution in [0.15, 0.2) is 33.8 Å². The van der Waals surface area contributed by atoms with Gasteiger partial charge in [0.2, 0.25) is 5.89 Å². The summed E-state index contributed by atoms with van der Waals surface area (Å²) in [5, 5.41) is 6.40. The number of anilines is 1. The minimum absolute atomic E-state index is 0. The molecular weight excluding hydrogens is 459 g/mol. The first kappa shape index (κ1) is 23.1. The fraction of sp³-hybridized carbons (Fsp3) is 0.474. The molecule has 0 radical (unpaired) electrons. The number of aliphatic imine (C=N–C) groups is 1. The summed E-state index contributed by atoms with van der Waals surface area (Å²) in [5.41, 5.74) is 0.769. The first-order valence-electron chi connectivity index (χ1n) is 8.61. The van der Waals surface area contributed by atoms with Gasteiger partial charge in [-0.25, -0.2) is 4.98 Å². The topological polar surface area (TPSA) is 80.9 Å². The number of halogens is 1. The number of nitrogens with zero attached hydrogens (tertiary/aromatic N) is 2. The normalized spacial score (nSPS) is 11.6. The summed E-state index contributed by atoms with van der Waals surface area (Å²) in [6.45, 7) is 9.22. The van der Waals surface area contributed by atoms with Crippen molar-refractivity contribution in [1.29, 1.82) is 0 Å². The fourth-order valence-electron chi connectivity index (χ4n) is 2.23. The molecule has 2 N–H and O–H groups in total. The largest absolute Gasteiger partial charge is 0.493 e. The van der Waals surface area contributed by atoms with Crippen molar-refractivity contribution in [1.82, 2.24) is 10.3 Å². The van der Waals surface area contributed by atoms with Crippen molar-refractivity contribution in [3.63, 3.8) is 0 Å². The number of benzene rings is 1. The van der Waals surface area contributed by atoms with Gasteiger partial charge < -0.3 is 24.5 Å². The van der Waals surface area contributed by atoms with Crippen molar-refractivity contribution in [2.24, 2.45) is 4.99 Å². The van der Waals surface area contributed by atoms with Crippen LogP contribution in [-0.2, 0) is 12.0 Å². The van der Waals surface area contributed by atoms with E-state index >= 15 is 0 Å². The Kier molecular flexibility index (Phi) is 8.87. The molecule has 0 aliphatic heterocycles. The molecule has 0 amide bonds. The molecule has 27 heavy (non-hydrogen) atoms. The van der Waals surface area contributed by atoms with Crippen molar-refractivity contribution in [3.8, 4) is 11.5 Å². The molecule has 1 aromatic heterocycles. The molecule has 1 aromatic carbocycles. The van der Waals surface area contributed by atoms with Gasteiger partial charge in [0.05, 0.1) is 26.5 Å². The summed E-state index contributed by atoms with van der Waals surface area (Å²) >= 11 is 0. The average molecular weight is 488 g/mol. The van der Waals surface area contributed by atoms with E-state index in [-0.39, 0.29) is 29.4 Å². The Balaban J connectivity index is 0.00000364. The second-order valence-corrected chi connectivity index (χ2v) is 6.72. The van der Waals surface area contributed by atoms with Gasteiger partial charge >= 0.3 is 0 Å². The lowest BCUT2D eigenvalue weighted by Gasteiger charge is -2.14. The SMILES string of the molecule is CCOc1ccc(NC(=NC)NCc2ncc(C(C)(C)C)o2)cc1OC.I. The van der Waals surface area contributed by atoms with Crippen LogP contribution in [0.25, 0.3) is 0 Å². The molecule has 0 saturated heterocycles. The number of ether oxygens (including phenoxy) is 2. The molecule has 0 fully saturated rings. The number of nitrogens with one attached hydrogen (secondary N) is 2. The molecule has 2 aromatic rings. The Labute approximate surface area is 178 Å². The van der Waals surface area contributed by atoms with Gasteiger partial charge in [-0.05, 0) is 19.1 Å². The molecule has 7 nitrogen and oxygen atoms in total. The third-order valence-electron chi connectivity index (χ3n) is 3.65. The van der Waals surface area contributed by atoms with E-state index in [1.54, 1.807) is 20.4 Å². The number of aromatic nitrogens is 1. The van der Waals surface area contributed by atoms with Crippen LogP contribution in [0, 0.1) is 0 Å². The van der Waals surface area contributed by atoms with E-state index in [0.29, 0.717) is 36.5 Å². The Bertz CT molecular complexity index is 754. The Morgan fingerprint density at radius 3 is 2.56 bits per heavy atom. The maximum atomic E-state index is 5.78. The minimum Gasteiger partial charge on any atom is -0.493 e. The Morgan fingerprint density at radius 2 is 2.00 bits per heavy atom. The van der Waals surface area contributed by atoms with Crippen molar-refractivity contribution in [3.05, 3.63) is 36.0 Å². The maximum Gasteiger partial charge on any atom is 0.213 e. The molecule has 0 unspecified atom stereocenters. The van der Waals surface area contributed by atoms with Gasteiger partial charge in [-0.2, -0.15) is 0 Å². The first-order valence-corrected chi connectivity index (χ1v) is 8.61. The van der Waals surface area contributed by atoms with Crippen LogP contribution < -0.4 is 20.1 Å². The zero-order chi connectivity index (χ0) is 19.2. The molecule has 0 aliphatic carbocycles. The summed E-state index contributed by atoms with van der Waals surface area (Å²) in [5.74, 6) is 3.44. The van der Waals surface area contributed by atoms with Gasteiger partial charge in [-0.3, -0.25) is 4.99 Å². The van der Waals surface area contributed by atoms with Gasteiger partial charge in [0, 0.05) is 24.2 Å². The third-order valence-corrected chi connectivity index (χ3v) is 3.65. The van der Waals surface area contributed by atoms with Gasteiger partial charge in [0.25, 0.3) is 0 Å². The molecule has 0 bridgehead atoms. The van der Waals surface area contributed by atoms with E-state index < -0.39 is 0 Å². The fourth-order valence-corrected chi connectivity index (χ4v) is 2.23. The van der Waals surface area contributed by atoms with E-state index in [9.17, 15) is 0 Å². The number of guanidine groups is 1. The number of methoxy groups -OCH3 is 1. The molecule has 0 aliphatic rings. The summed E-state index contributed by atoms with van der Waals surface area (Å²) in [6.07, 6.45) is 1.77. The summed E-state index contributed by atoms with van der Waals surface area (Å²) < 4.78 is 16.7. The molecule has 150 valence electrons. The van der Waals surface area contributed by atoms with Crippen molar-refractivity contribution in [2.45, 2.75) is 39.7 Å². The third kappa shape index (κ3) is 6.60. The van der Waals surface area contributed by atoms with Gasteiger partial charge in [0.1, 0.15) is 5.76 Å². The number of oxazole rings is 1. The van der Waals surface area contributed by atoms with Crippen LogP contribution in [0.4, 0.5) is 5.69 Å². The standard InChI is InChI=1S/C19H28N4O3.HI/c1-7-25-14-9-8-13(10-15(14)24-6)23-18(20-5)22-12-17-21-11-16(26-17)19(2,3)4;/h8-11H,7,12H2,1-6H3,(H2,20,22,23);1H. The second kappa shape index (κ2) is 10.4. The van der Waals surface area contributed by atoms with Crippen molar-refractivity contribution >= 4 is 35.6 Å². The lowest BCUT2D eigenvalue weighted by atomic mass is 9.94. The summed E-state index contributed by atoms with van der Waals surface area (Å²) in [6, 6.07) is 5.63. The van der Waals surface area contributed by atoms with Gasteiger partial charge in [-0.1, -0.05) is 20.8 Å². The van der Waals surface area contributed by atoms with E-state index in [4.69, 9.17) is 13.9 Å². The monoisotopic (exact) mass is 488 g/mol. The molecule has 0 spiro atoms. The summed E-state index contributed by atoms with van der Waals surface area (Å²) in [4.78, 5) is 8.53. The predicted octanol–water partition coefficient (Wildman–Crippen LogP) is 4.18. The second-order valence-electron chi connectivity index (χ2n) is 6.72. The van der Waals surface area contributed by atoms with Crippen molar-refractivity contribution < 1.29 is 13.9 Å². The van der Waals surface area contributed by atoms with E-state index in [1.807, 2.05) is 25.1 Å². The average Bonchev–Trinajstić information content (AvgIpc) is 3.09. The van der Waals surface area contributed by atoms with E-state index in [0.717, 1.165) is 11.4 Å². The van der Waals surface area contributed by atoms with E-state index in [2.05, 4.69) is 41.4 Å². The highest BCUT2D eigenvalue weighted by Gasteiger charge is 2.19. The summed E-state index contributed by atoms with van der Waals surface area (Å²) in [7, 11) is 3.32. The quantitative estimate of drug-likeness (QED) is 0.361. The van der Waals surface area contributed by atoms with E-state index in [1.165, 1.54) is 0 Å². The lowest BCUT2D eigenvalue weighted by molar-refractivity contribution is 0.311. The molecule has 1 heterocycles. The highest BCUT2D eigenvalue weighted by atomic mass is 127. The van der Waals surface area contributed by atoms with Crippen LogP contribution in [0.2, 0.25) is 0 Å². The van der Waals surface area contributed by atoms with Crippen LogP contribution >= 0.6 is 24.0 Å². The Hall–Kier alpha value is -1.97. The lowest BCUT2D eigenvalue weighted by Crippen LogP contribution is -2.30. The number of hydrogen-bond acceptors (Lipinski definition) is 5. The molecule has 0 atom stereocenters. The minimum atomic E-state index is -0.0654. The zero-order valence-electron chi connectivity index (χ0n) is 16.8. The smallest absolute Gasteiger partial charge is 0.213 e. The predicted molar refractivity (Wildman–Crippen MR) is 119 cm³/mol. The Morgan fingerprint density at radius 1 is 1.26 bits per heavy atom. The van der Waals surface area contributed by atoms with Gasteiger partial charge in [0.15, 0.2) is 17.5 Å². The molecular formula is C19H29IN4O3. The highest BCUT2D eigenvalue weighted by molar-refractivity contribution is 14.0. The van der Waals surface area contributed by atoms with Crippen LogP contribution in [-0.4, -0.2) is 31.7 Å². The first-order chi connectivity index (χ1) is 12.4. The maximum absolute atomic E-state index is 5.78. The van der Waals surface area contributed by atoms with Crippen LogP contribution in [0.3, 0.4) is 0 Å². The van der Waals surface area contributed by atoms with Crippen LogP contribution in [0.5, 0.6) is 11.5 Å². The highest BCUT2D eigenvalue weighted by Crippen LogP contribution is 2.30.